The van der Waals surface area contributed by atoms with Crippen molar-refractivity contribution in [3.63, 3.8) is 0 Å². The lowest BCUT2D eigenvalue weighted by Crippen LogP contribution is -2.40. The lowest BCUT2D eigenvalue weighted by atomic mass is 9.85. The molecule has 1 saturated carbocycles. The first-order chi connectivity index (χ1) is 12.5. The van der Waals surface area contributed by atoms with E-state index in [1.165, 1.54) is 6.07 Å². The van der Waals surface area contributed by atoms with Gasteiger partial charge in [-0.1, -0.05) is 19.3 Å². The number of nitrogens with zero attached hydrogens (tertiary/aromatic N) is 2. The fourth-order valence-corrected chi connectivity index (χ4v) is 3.56. The van der Waals surface area contributed by atoms with Crippen LogP contribution in [-0.2, 0) is 4.74 Å². The Morgan fingerprint density at radius 2 is 1.96 bits per heavy atom. The van der Waals surface area contributed by atoms with E-state index in [0.29, 0.717) is 50.4 Å². The molecule has 0 bridgehead atoms. The number of nitro benzene ring substituents is 1. The molecule has 2 fully saturated rings. The summed E-state index contributed by atoms with van der Waals surface area (Å²) in [5, 5.41) is 25.0. The minimum absolute atomic E-state index is 0.150. The maximum Gasteiger partial charge on any atom is 0.293 e. The molecule has 1 aliphatic carbocycles. The second-order valence-corrected chi connectivity index (χ2v) is 7.03. The molecule has 1 saturated heterocycles. The first-order valence-corrected chi connectivity index (χ1v) is 9.10. The molecule has 3 rings (SSSR count). The SMILES string of the molecule is O=C(c1ccc(NCC2(O)CCCCC2)c([N+](=O)[O-])c1)N1CCOCC1. The molecule has 0 radical (unpaired) electrons. The zero-order valence-corrected chi connectivity index (χ0v) is 14.8. The largest absolute Gasteiger partial charge is 0.388 e. The highest BCUT2D eigenvalue weighted by atomic mass is 16.6. The molecular weight excluding hydrogens is 338 g/mol. The fraction of sp³-hybridized carbons (Fsp3) is 0.611. The van der Waals surface area contributed by atoms with E-state index in [9.17, 15) is 20.0 Å². The van der Waals surface area contributed by atoms with E-state index < -0.39 is 10.5 Å². The third kappa shape index (κ3) is 4.31. The summed E-state index contributed by atoms with van der Waals surface area (Å²) in [6, 6.07) is 4.46. The maximum absolute atomic E-state index is 12.5. The number of ether oxygens (including phenoxy) is 1. The maximum atomic E-state index is 12.5. The van der Waals surface area contributed by atoms with E-state index in [1.807, 2.05) is 0 Å². The van der Waals surface area contributed by atoms with Crippen molar-refractivity contribution in [2.24, 2.45) is 0 Å². The Balaban J connectivity index is 1.74. The van der Waals surface area contributed by atoms with Gasteiger partial charge in [0, 0.05) is 31.3 Å². The minimum Gasteiger partial charge on any atom is -0.388 e. The molecule has 0 aromatic heterocycles. The third-order valence-corrected chi connectivity index (χ3v) is 5.13. The minimum atomic E-state index is -0.825. The number of amides is 1. The number of hydrogen-bond donors (Lipinski definition) is 2. The Kier molecular flexibility index (Phi) is 5.73. The third-order valence-electron chi connectivity index (χ3n) is 5.13. The van der Waals surface area contributed by atoms with Gasteiger partial charge in [0.2, 0.25) is 0 Å². The zero-order valence-electron chi connectivity index (χ0n) is 14.8. The first kappa shape index (κ1) is 18.6. The number of nitro groups is 1. The van der Waals surface area contributed by atoms with Gasteiger partial charge < -0.3 is 20.1 Å². The molecule has 1 aromatic carbocycles. The first-order valence-electron chi connectivity index (χ1n) is 9.10. The number of aliphatic hydroxyl groups is 1. The fourth-order valence-electron chi connectivity index (χ4n) is 3.56. The van der Waals surface area contributed by atoms with Crippen molar-refractivity contribution < 1.29 is 19.6 Å². The second kappa shape index (κ2) is 8.01. The van der Waals surface area contributed by atoms with E-state index in [0.717, 1.165) is 19.3 Å². The number of morpholine rings is 1. The van der Waals surface area contributed by atoms with Crippen LogP contribution in [0.15, 0.2) is 18.2 Å². The average molecular weight is 363 g/mol. The quantitative estimate of drug-likeness (QED) is 0.614. The Hall–Kier alpha value is -2.19. The summed E-state index contributed by atoms with van der Waals surface area (Å²) in [6.07, 6.45) is 4.43. The van der Waals surface area contributed by atoms with Gasteiger partial charge in [-0.05, 0) is 25.0 Å². The topological polar surface area (TPSA) is 105 Å². The van der Waals surface area contributed by atoms with E-state index in [4.69, 9.17) is 4.74 Å². The highest BCUT2D eigenvalue weighted by Gasteiger charge is 2.30. The number of hydrogen-bond acceptors (Lipinski definition) is 6. The number of nitrogens with one attached hydrogen (secondary N) is 1. The highest BCUT2D eigenvalue weighted by Crippen LogP contribution is 2.31. The second-order valence-electron chi connectivity index (χ2n) is 7.03. The van der Waals surface area contributed by atoms with Gasteiger partial charge >= 0.3 is 0 Å². The Bertz CT molecular complexity index is 667. The van der Waals surface area contributed by atoms with Gasteiger partial charge in [0.1, 0.15) is 5.69 Å². The smallest absolute Gasteiger partial charge is 0.293 e. The summed E-state index contributed by atoms with van der Waals surface area (Å²) < 4.78 is 5.23. The highest BCUT2D eigenvalue weighted by molar-refractivity contribution is 5.95. The number of rotatable bonds is 5. The molecule has 2 aliphatic rings. The molecule has 1 amide bonds. The van der Waals surface area contributed by atoms with E-state index in [-0.39, 0.29) is 18.1 Å². The lowest BCUT2D eigenvalue weighted by Gasteiger charge is -2.32. The molecular formula is C18H25N3O5. The summed E-state index contributed by atoms with van der Waals surface area (Å²) in [6.45, 7) is 2.20. The Morgan fingerprint density at radius 3 is 2.62 bits per heavy atom. The summed E-state index contributed by atoms with van der Waals surface area (Å²) in [5.74, 6) is -0.228. The summed E-state index contributed by atoms with van der Waals surface area (Å²) in [7, 11) is 0. The molecule has 26 heavy (non-hydrogen) atoms. The molecule has 1 heterocycles. The zero-order chi connectivity index (χ0) is 18.6. The van der Waals surface area contributed by atoms with Crippen LogP contribution in [0.3, 0.4) is 0 Å². The van der Waals surface area contributed by atoms with Crippen LogP contribution in [0.1, 0.15) is 42.5 Å². The van der Waals surface area contributed by atoms with Gasteiger partial charge in [0.15, 0.2) is 0 Å². The molecule has 8 heteroatoms. The van der Waals surface area contributed by atoms with E-state index >= 15 is 0 Å². The van der Waals surface area contributed by atoms with Crippen LogP contribution in [-0.4, -0.2) is 59.3 Å². The number of carbonyl (C=O) groups is 1. The lowest BCUT2D eigenvalue weighted by molar-refractivity contribution is -0.384. The van der Waals surface area contributed by atoms with Crippen LogP contribution in [0.2, 0.25) is 0 Å². The van der Waals surface area contributed by atoms with Crippen molar-refractivity contribution >= 4 is 17.3 Å². The van der Waals surface area contributed by atoms with Gasteiger partial charge in [0.25, 0.3) is 11.6 Å². The van der Waals surface area contributed by atoms with E-state index in [1.54, 1.807) is 17.0 Å². The van der Waals surface area contributed by atoms with Crippen molar-refractivity contribution in [1.29, 1.82) is 0 Å². The predicted octanol–water partition coefficient (Wildman–Crippen LogP) is 2.17. The molecule has 2 N–H and O–H groups in total. The Labute approximate surface area is 152 Å². The van der Waals surface area contributed by atoms with Crippen LogP contribution in [0.5, 0.6) is 0 Å². The molecule has 0 unspecified atom stereocenters. The van der Waals surface area contributed by atoms with Crippen molar-refractivity contribution in [3.05, 3.63) is 33.9 Å². The summed E-state index contributed by atoms with van der Waals surface area (Å²) in [4.78, 5) is 25.1. The van der Waals surface area contributed by atoms with Gasteiger partial charge in [-0.25, -0.2) is 0 Å². The van der Waals surface area contributed by atoms with Crippen molar-refractivity contribution in [3.8, 4) is 0 Å². The summed E-state index contributed by atoms with van der Waals surface area (Å²) in [5.41, 5.74) is -0.356. The monoisotopic (exact) mass is 363 g/mol. The van der Waals surface area contributed by atoms with Gasteiger partial charge in [-0.3, -0.25) is 14.9 Å². The number of anilines is 1. The summed E-state index contributed by atoms with van der Waals surface area (Å²) >= 11 is 0. The molecule has 0 spiro atoms. The molecule has 1 aliphatic heterocycles. The number of benzene rings is 1. The van der Waals surface area contributed by atoms with Gasteiger partial charge in [-0.2, -0.15) is 0 Å². The standard InChI is InChI=1S/C18H25N3O5/c22-17(20-8-10-26-11-9-20)14-4-5-15(16(12-14)21(24)25)19-13-18(23)6-2-1-3-7-18/h4-5,12,19,23H,1-3,6-11,13H2. The molecule has 8 nitrogen and oxygen atoms in total. The van der Waals surface area contributed by atoms with E-state index in [2.05, 4.69) is 5.32 Å². The van der Waals surface area contributed by atoms with Crippen LogP contribution < -0.4 is 5.32 Å². The Morgan fingerprint density at radius 1 is 1.27 bits per heavy atom. The molecule has 0 atom stereocenters. The van der Waals surface area contributed by atoms with Crippen molar-refractivity contribution in [2.45, 2.75) is 37.7 Å². The predicted molar refractivity (Wildman–Crippen MR) is 96.3 cm³/mol. The normalized spacial score (nSPS) is 19.8. The van der Waals surface area contributed by atoms with Crippen molar-refractivity contribution in [2.75, 3.05) is 38.2 Å². The number of carbonyl (C=O) groups excluding carboxylic acids is 1. The van der Waals surface area contributed by atoms with Crippen LogP contribution >= 0.6 is 0 Å². The van der Waals surface area contributed by atoms with Crippen LogP contribution in [0.25, 0.3) is 0 Å². The molecule has 142 valence electrons. The van der Waals surface area contributed by atoms with Crippen LogP contribution in [0, 0.1) is 10.1 Å². The average Bonchev–Trinajstić information content (AvgIpc) is 2.67. The van der Waals surface area contributed by atoms with Crippen molar-refractivity contribution in [1.82, 2.24) is 4.90 Å². The molecule has 1 aromatic rings. The van der Waals surface area contributed by atoms with Crippen LogP contribution in [0.4, 0.5) is 11.4 Å². The van der Waals surface area contributed by atoms with Gasteiger partial charge in [0.05, 0.1) is 23.7 Å². The van der Waals surface area contributed by atoms with Gasteiger partial charge in [-0.15, -0.1) is 0 Å².